The Kier molecular flexibility index (Phi) is 2.35. The fourth-order valence-corrected chi connectivity index (χ4v) is 1.45. The van der Waals surface area contributed by atoms with Crippen LogP contribution in [0.5, 0.6) is 5.75 Å². The van der Waals surface area contributed by atoms with Gasteiger partial charge in [-0.05, 0) is 23.8 Å². The first kappa shape index (κ1) is 8.99. The largest absolute Gasteiger partial charge is 0.491 e. The highest BCUT2D eigenvalue weighted by Crippen LogP contribution is 2.21. The average Bonchev–Trinajstić information content (AvgIpc) is 2.57. The summed E-state index contributed by atoms with van der Waals surface area (Å²) in [6.45, 7) is 0.0788. The zero-order chi connectivity index (χ0) is 9.97. The number of carbonyl (C=O) groups is 1. The van der Waals surface area contributed by atoms with Crippen molar-refractivity contribution in [2.24, 2.45) is 0 Å². The number of ether oxygens (including phenoxy) is 1. The fraction of sp³-hybridized carbons (Fsp3) is 0.300. The van der Waals surface area contributed by atoms with E-state index in [-0.39, 0.29) is 12.5 Å². The van der Waals surface area contributed by atoms with Crippen molar-refractivity contribution in [2.45, 2.75) is 6.54 Å². The lowest BCUT2D eigenvalue weighted by molar-refractivity contribution is 0.0966. The molecule has 4 heteroatoms. The lowest BCUT2D eigenvalue weighted by Crippen LogP contribution is -2.12. The first-order valence-electron chi connectivity index (χ1n) is 4.41. The molecule has 0 saturated heterocycles. The molecule has 1 heterocycles. The maximum Gasteiger partial charge on any atom is 0.251 e. The molecule has 0 bridgehead atoms. The van der Waals surface area contributed by atoms with Gasteiger partial charge in [0, 0.05) is 12.1 Å². The highest BCUT2D eigenvalue weighted by Gasteiger charge is 2.18. The SMILES string of the molecule is O=C1NCc2cc(OCCF)ccc21. The summed E-state index contributed by atoms with van der Waals surface area (Å²) >= 11 is 0. The molecule has 1 aliphatic heterocycles. The molecule has 74 valence electrons. The molecule has 0 aliphatic carbocycles. The van der Waals surface area contributed by atoms with Crippen molar-refractivity contribution in [3.05, 3.63) is 29.3 Å². The van der Waals surface area contributed by atoms with Crippen LogP contribution in [-0.2, 0) is 6.54 Å². The molecule has 0 spiro atoms. The summed E-state index contributed by atoms with van der Waals surface area (Å²) in [7, 11) is 0. The molecule has 1 aliphatic rings. The van der Waals surface area contributed by atoms with Crippen molar-refractivity contribution in [3.8, 4) is 5.75 Å². The molecule has 2 rings (SSSR count). The summed E-state index contributed by atoms with van der Waals surface area (Å²) in [5.74, 6) is 0.551. The lowest BCUT2D eigenvalue weighted by Gasteiger charge is -2.04. The van der Waals surface area contributed by atoms with Crippen LogP contribution < -0.4 is 10.1 Å². The summed E-state index contributed by atoms with van der Waals surface area (Å²) in [6, 6.07) is 5.15. The Morgan fingerprint density at radius 1 is 1.50 bits per heavy atom. The number of carbonyl (C=O) groups excluding carboxylic acids is 1. The summed E-state index contributed by atoms with van der Waals surface area (Å²) < 4.78 is 16.9. The van der Waals surface area contributed by atoms with Gasteiger partial charge in [-0.2, -0.15) is 0 Å². The minimum Gasteiger partial charge on any atom is -0.491 e. The Hall–Kier alpha value is -1.58. The van der Waals surface area contributed by atoms with Crippen molar-refractivity contribution in [1.29, 1.82) is 0 Å². The highest BCUT2D eigenvalue weighted by molar-refractivity contribution is 5.98. The molecule has 0 unspecified atom stereocenters. The Morgan fingerprint density at radius 3 is 3.14 bits per heavy atom. The monoisotopic (exact) mass is 195 g/mol. The van der Waals surface area contributed by atoms with Gasteiger partial charge in [-0.1, -0.05) is 0 Å². The van der Waals surface area contributed by atoms with Gasteiger partial charge in [0.05, 0.1) is 0 Å². The second-order valence-electron chi connectivity index (χ2n) is 3.04. The van der Waals surface area contributed by atoms with Crippen molar-refractivity contribution < 1.29 is 13.9 Å². The quantitative estimate of drug-likeness (QED) is 0.788. The van der Waals surface area contributed by atoms with Crippen LogP contribution in [0.15, 0.2) is 18.2 Å². The van der Waals surface area contributed by atoms with Gasteiger partial charge < -0.3 is 10.1 Å². The van der Waals surface area contributed by atoms with Gasteiger partial charge in [0.15, 0.2) is 0 Å². The standard InChI is InChI=1S/C10H10FNO2/c11-3-4-14-8-1-2-9-7(5-8)6-12-10(9)13/h1-2,5H,3-4,6H2,(H,12,13). The van der Waals surface area contributed by atoms with E-state index in [4.69, 9.17) is 4.74 Å². The summed E-state index contributed by atoms with van der Waals surface area (Å²) in [6.07, 6.45) is 0. The molecule has 3 nitrogen and oxygen atoms in total. The minimum absolute atomic E-state index is 0.0557. The van der Waals surface area contributed by atoms with E-state index in [1.165, 1.54) is 0 Å². The average molecular weight is 195 g/mol. The molecule has 0 atom stereocenters. The molecular weight excluding hydrogens is 185 g/mol. The molecule has 1 amide bonds. The number of alkyl halides is 1. The Bertz CT molecular complexity index is 365. The number of halogens is 1. The van der Waals surface area contributed by atoms with E-state index in [0.29, 0.717) is 17.9 Å². The second kappa shape index (κ2) is 3.65. The smallest absolute Gasteiger partial charge is 0.251 e. The van der Waals surface area contributed by atoms with E-state index in [2.05, 4.69) is 5.32 Å². The topological polar surface area (TPSA) is 38.3 Å². The molecule has 1 aromatic rings. The molecule has 1 aromatic carbocycles. The maximum atomic E-state index is 11.8. The number of amides is 1. The molecule has 14 heavy (non-hydrogen) atoms. The number of hydrogen-bond acceptors (Lipinski definition) is 2. The minimum atomic E-state index is -0.506. The van der Waals surface area contributed by atoms with E-state index >= 15 is 0 Å². The van der Waals surface area contributed by atoms with Gasteiger partial charge in [-0.3, -0.25) is 4.79 Å². The number of fused-ring (bicyclic) bond motifs is 1. The number of nitrogens with one attached hydrogen (secondary N) is 1. The van der Waals surface area contributed by atoms with Gasteiger partial charge in [-0.15, -0.1) is 0 Å². The summed E-state index contributed by atoms with van der Waals surface area (Å²) in [5, 5.41) is 2.70. The highest BCUT2D eigenvalue weighted by atomic mass is 19.1. The summed E-state index contributed by atoms with van der Waals surface area (Å²) in [5.41, 5.74) is 1.59. The van der Waals surface area contributed by atoms with Crippen molar-refractivity contribution >= 4 is 5.91 Å². The third-order valence-electron chi connectivity index (χ3n) is 2.11. The van der Waals surface area contributed by atoms with Crippen LogP contribution in [0.25, 0.3) is 0 Å². The third kappa shape index (κ3) is 1.55. The first-order chi connectivity index (χ1) is 6.81. The molecule has 1 N–H and O–H groups in total. The van der Waals surface area contributed by atoms with Crippen LogP contribution in [0.1, 0.15) is 15.9 Å². The van der Waals surface area contributed by atoms with Crippen LogP contribution in [-0.4, -0.2) is 19.2 Å². The zero-order valence-electron chi connectivity index (χ0n) is 7.55. The van der Waals surface area contributed by atoms with Crippen LogP contribution in [0, 0.1) is 0 Å². The first-order valence-corrected chi connectivity index (χ1v) is 4.41. The van der Waals surface area contributed by atoms with Gasteiger partial charge in [-0.25, -0.2) is 4.39 Å². The molecule has 0 radical (unpaired) electrons. The Balaban J connectivity index is 2.19. The number of rotatable bonds is 3. The maximum absolute atomic E-state index is 11.8. The van der Waals surface area contributed by atoms with Gasteiger partial charge >= 0.3 is 0 Å². The summed E-state index contributed by atoms with van der Waals surface area (Å²) in [4.78, 5) is 11.2. The van der Waals surface area contributed by atoms with E-state index < -0.39 is 6.67 Å². The molecule has 0 aromatic heterocycles. The van der Waals surface area contributed by atoms with Crippen LogP contribution in [0.3, 0.4) is 0 Å². The van der Waals surface area contributed by atoms with Crippen LogP contribution >= 0.6 is 0 Å². The van der Waals surface area contributed by atoms with Gasteiger partial charge in [0.2, 0.25) is 0 Å². The predicted molar refractivity (Wildman–Crippen MR) is 49.1 cm³/mol. The zero-order valence-corrected chi connectivity index (χ0v) is 7.55. The molecular formula is C10H10FNO2. The Morgan fingerprint density at radius 2 is 2.36 bits per heavy atom. The molecule has 0 saturated carbocycles. The van der Waals surface area contributed by atoms with E-state index in [1.54, 1.807) is 18.2 Å². The van der Waals surface area contributed by atoms with Crippen molar-refractivity contribution in [2.75, 3.05) is 13.3 Å². The molecule has 0 fully saturated rings. The predicted octanol–water partition coefficient (Wildman–Crippen LogP) is 1.28. The number of benzene rings is 1. The second-order valence-corrected chi connectivity index (χ2v) is 3.04. The van der Waals surface area contributed by atoms with Crippen molar-refractivity contribution in [1.82, 2.24) is 5.32 Å². The lowest BCUT2D eigenvalue weighted by atomic mass is 10.1. The normalized spacial score (nSPS) is 13.6. The van der Waals surface area contributed by atoms with E-state index in [0.717, 1.165) is 5.56 Å². The van der Waals surface area contributed by atoms with Crippen molar-refractivity contribution in [3.63, 3.8) is 0 Å². The Labute approximate surface area is 80.9 Å². The van der Waals surface area contributed by atoms with Gasteiger partial charge in [0.1, 0.15) is 19.0 Å². The van der Waals surface area contributed by atoms with E-state index in [9.17, 15) is 9.18 Å². The van der Waals surface area contributed by atoms with E-state index in [1.807, 2.05) is 0 Å². The number of hydrogen-bond donors (Lipinski definition) is 1. The van der Waals surface area contributed by atoms with Crippen LogP contribution in [0.4, 0.5) is 4.39 Å². The fourth-order valence-electron chi connectivity index (χ4n) is 1.45. The van der Waals surface area contributed by atoms with Gasteiger partial charge in [0.25, 0.3) is 5.91 Å². The van der Waals surface area contributed by atoms with Crippen LogP contribution in [0.2, 0.25) is 0 Å². The third-order valence-corrected chi connectivity index (χ3v) is 2.11.